The van der Waals surface area contributed by atoms with Crippen LogP contribution in [0.3, 0.4) is 0 Å². The summed E-state index contributed by atoms with van der Waals surface area (Å²) in [4.78, 5) is 23.4. The number of hydrogen-bond acceptors (Lipinski definition) is 7. The number of allylic oxidation sites excluding steroid dienone is 1. The van der Waals surface area contributed by atoms with E-state index in [1.54, 1.807) is 0 Å². The predicted octanol–water partition coefficient (Wildman–Crippen LogP) is 6.10. The lowest BCUT2D eigenvalue weighted by molar-refractivity contribution is -0.266. The van der Waals surface area contributed by atoms with Gasteiger partial charge in [0, 0.05) is 25.4 Å². The maximum absolute atomic E-state index is 11.6. The van der Waals surface area contributed by atoms with Crippen molar-refractivity contribution in [3.05, 3.63) is 12.3 Å². The molecular weight excluding hydrogens is 464 g/mol. The third kappa shape index (κ3) is 9.22. The molecule has 2 fully saturated rings. The summed E-state index contributed by atoms with van der Waals surface area (Å²) < 4.78 is 0. The van der Waals surface area contributed by atoms with Gasteiger partial charge < -0.3 is 20.3 Å². The number of unbranched alkanes of at least 4 members (excludes halogenated alkanes) is 3. The highest BCUT2D eigenvalue weighted by molar-refractivity contribution is 5.65. The standard InChI is InChI=1S/C30H58N4O3/c1-12-23(2)36-33-27(4,5)19-25(20-28(33,6)7)31-17-15-13-14-16-18-32-26-21-29(8,9)34(37-24(3)35)30(10,11)22-26/h25-26,31-32H,2,12-22H2,1,3-11H3. The maximum atomic E-state index is 11.6. The molecule has 0 bridgehead atoms. The number of rotatable bonds is 13. The van der Waals surface area contributed by atoms with Gasteiger partial charge in [0.15, 0.2) is 0 Å². The van der Waals surface area contributed by atoms with Crippen LogP contribution >= 0.6 is 0 Å². The Hall–Kier alpha value is -1.15. The number of piperidine rings is 2. The smallest absolute Gasteiger partial charge is 0.322 e. The van der Waals surface area contributed by atoms with Crippen molar-refractivity contribution in [3.8, 4) is 0 Å². The minimum atomic E-state index is -0.243. The van der Waals surface area contributed by atoms with Gasteiger partial charge in [0.2, 0.25) is 0 Å². The normalized spacial score (nSPS) is 24.1. The van der Waals surface area contributed by atoms with E-state index < -0.39 is 0 Å². The molecule has 0 aliphatic carbocycles. The molecule has 216 valence electrons. The van der Waals surface area contributed by atoms with Crippen molar-refractivity contribution in [2.45, 2.75) is 161 Å². The first-order valence-corrected chi connectivity index (χ1v) is 14.6. The average molecular weight is 523 g/mol. The Kier molecular flexibility index (Phi) is 11.1. The number of hydroxylamine groups is 4. The molecule has 2 heterocycles. The molecule has 7 heteroatoms. The number of nitrogens with zero attached hydrogens (tertiary/aromatic N) is 2. The summed E-state index contributed by atoms with van der Waals surface area (Å²) in [6, 6.07) is 0.945. The second kappa shape index (κ2) is 12.8. The van der Waals surface area contributed by atoms with Crippen LogP contribution < -0.4 is 10.6 Å². The molecule has 37 heavy (non-hydrogen) atoms. The molecule has 2 saturated heterocycles. The van der Waals surface area contributed by atoms with Gasteiger partial charge in [-0.2, -0.15) is 0 Å². The molecule has 0 amide bonds. The van der Waals surface area contributed by atoms with Crippen LogP contribution in [0.5, 0.6) is 0 Å². The van der Waals surface area contributed by atoms with Gasteiger partial charge in [-0.05, 0) is 107 Å². The van der Waals surface area contributed by atoms with E-state index in [0.717, 1.165) is 51.0 Å². The van der Waals surface area contributed by atoms with Crippen LogP contribution in [0.1, 0.15) is 127 Å². The quantitative estimate of drug-likeness (QED) is 0.224. The van der Waals surface area contributed by atoms with E-state index in [2.05, 4.69) is 84.6 Å². The largest absolute Gasteiger partial charge is 0.410 e. The van der Waals surface area contributed by atoms with E-state index in [9.17, 15) is 4.79 Å². The van der Waals surface area contributed by atoms with Gasteiger partial charge in [-0.15, -0.1) is 10.1 Å². The van der Waals surface area contributed by atoms with Gasteiger partial charge in [-0.25, -0.2) is 0 Å². The van der Waals surface area contributed by atoms with Gasteiger partial charge in [0.05, 0.1) is 22.2 Å². The lowest BCUT2D eigenvalue weighted by Gasteiger charge is -2.53. The van der Waals surface area contributed by atoms with Crippen molar-refractivity contribution >= 4 is 5.97 Å². The zero-order valence-corrected chi connectivity index (χ0v) is 25.8. The van der Waals surface area contributed by atoms with Crippen LogP contribution in [0.2, 0.25) is 0 Å². The van der Waals surface area contributed by atoms with E-state index in [0.29, 0.717) is 12.1 Å². The molecule has 2 aliphatic heterocycles. The summed E-state index contributed by atoms with van der Waals surface area (Å²) in [5.41, 5.74) is -0.459. The Labute approximate surface area is 228 Å². The zero-order valence-electron chi connectivity index (χ0n) is 25.8. The zero-order chi connectivity index (χ0) is 28.1. The SMILES string of the molecule is C=C(CC)ON1C(C)(C)CC(NCCCCCCNC2CC(C)(C)N(OC(C)=O)C(C)(C)C2)CC1(C)C. The molecule has 0 aromatic heterocycles. The molecule has 0 saturated carbocycles. The summed E-state index contributed by atoms with van der Waals surface area (Å²) in [5, 5.41) is 11.7. The molecule has 0 spiro atoms. The first kappa shape index (κ1) is 32.1. The van der Waals surface area contributed by atoms with Gasteiger partial charge in [-0.1, -0.05) is 26.3 Å². The molecule has 0 aromatic rings. The van der Waals surface area contributed by atoms with Gasteiger partial charge in [0.25, 0.3) is 0 Å². The third-order valence-corrected chi connectivity index (χ3v) is 7.99. The van der Waals surface area contributed by atoms with E-state index >= 15 is 0 Å². The third-order valence-electron chi connectivity index (χ3n) is 7.99. The predicted molar refractivity (Wildman–Crippen MR) is 153 cm³/mol. The highest BCUT2D eigenvalue weighted by Crippen LogP contribution is 2.40. The molecule has 0 radical (unpaired) electrons. The second-order valence-corrected chi connectivity index (χ2v) is 13.9. The fraction of sp³-hybridized carbons (Fsp3) is 0.900. The van der Waals surface area contributed by atoms with Crippen LogP contribution in [0, 0.1) is 0 Å². The number of nitrogens with one attached hydrogen (secondary N) is 2. The van der Waals surface area contributed by atoms with Crippen LogP contribution in [-0.2, 0) is 14.5 Å². The van der Waals surface area contributed by atoms with Crippen molar-refractivity contribution in [2.75, 3.05) is 13.1 Å². The van der Waals surface area contributed by atoms with Gasteiger partial charge in [0.1, 0.15) is 5.76 Å². The first-order valence-electron chi connectivity index (χ1n) is 14.6. The highest BCUT2D eigenvalue weighted by Gasteiger charge is 2.48. The lowest BCUT2D eigenvalue weighted by atomic mass is 9.79. The van der Waals surface area contributed by atoms with Crippen molar-refractivity contribution in [3.63, 3.8) is 0 Å². The van der Waals surface area contributed by atoms with Crippen molar-refractivity contribution < 1.29 is 14.5 Å². The topological polar surface area (TPSA) is 66.1 Å². The molecular formula is C30H58N4O3. The lowest BCUT2D eigenvalue weighted by Crippen LogP contribution is -2.64. The van der Waals surface area contributed by atoms with Crippen molar-refractivity contribution in [1.82, 2.24) is 20.8 Å². The summed E-state index contributed by atoms with van der Waals surface area (Å²) in [7, 11) is 0. The fourth-order valence-corrected chi connectivity index (χ4v) is 6.85. The summed E-state index contributed by atoms with van der Waals surface area (Å²) >= 11 is 0. The Morgan fingerprint density at radius 1 is 0.730 bits per heavy atom. The molecule has 2 aliphatic rings. The van der Waals surface area contributed by atoms with Gasteiger partial charge >= 0.3 is 5.97 Å². The maximum Gasteiger partial charge on any atom is 0.322 e. The van der Waals surface area contributed by atoms with Crippen molar-refractivity contribution in [2.24, 2.45) is 0 Å². The Morgan fingerprint density at radius 2 is 1.08 bits per heavy atom. The van der Waals surface area contributed by atoms with Crippen LogP contribution in [0.15, 0.2) is 12.3 Å². The van der Waals surface area contributed by atoms with Crippen LogP contribution in [0.25, 0.3) is 0 Å². The van der Waals surface area contributed by atoms with Crippen LogP contribution in [0.4, 0.5) is 0 Å². The molecule has 0 aromatic carbocycles. The number of carbonyl (C=O) groups excluding carboxylic acids is 1. The van der Waals surface area contributed by atoms with E-state index in [1.165, 1.54) is 32.6 Å². The second-order valence-electron chi connectivity index (χ2n) is 13.9. The minimum Gasteiger partial charge on any atom is -0.410 e. The highest BCUT2D eigenvalue weighted by atomic mass is 16.7. The van der Waals surface area contributed by atoms with Crippen LogP contribution in [-0.4, -0.2) is 63.4 Å². The molecule has 7 nitrogen and oxygen atoms in total. The average Bonchev–Trinajstić information content (AvgIpc) is 2.74. The monoisotopic (exact) mass is 522 g/mol. The molecule has 2 rings (SSSR count). The Balaban J connectivity index is 1.66. The van der Waals surface area contributed by atoms with Crippen molar-refractivity contribution in [1.29, 1.82) is 0 Å². The fourth-order valence-electron chi connectivity index (χ4n) is 6.85. The molecule has 0 unspecified atom stereocenters. The summed E-state index contributed by atoms with van der Waals surface area (Å²) in [6.45, 7) is 27.5. The molecule has 2 N–H and O–H groups in total. The minimum absolute atomic E-state index is 0.0410. The van der Waals surface area contributed by atoms with E-state index in [-0.39, 0.29) is 28.1 Å². The van der Waals surface area contributed by atoms with E-state index in [1.807, 2.05) is 5.06 Å². The first-order chi connectivity index (χ1) is 17.0. The number of hydrogen-bond donors (Lipinski definition) is 2. The number of carbonyl (C=O) groups is 1. The summed E-state index contributed by atoms with van der Waals surface area (Å²) in [5.74, 6) is 0.592. The molecule has 0 atom stereocenters. The van der Waals surface area contributed by atoms with E-state index in [4.69, 9.17) is 9.68 Å². The summed E-state index contributed by atoms with van der Waals surface area (Å²) in [6.07, 6.45) is 9.82. The Morgan fingerprint density at radius 3 is 1.41 bits per heavy atom. The Bertz CT molecular complexity index is 726. The van der Waals surface area contributed by atoms with Gasteiger partial charge in [-0.3, -0.25) is 4.79 Å².